The summed E-state index contributed by atoms with van der Waals surface area (Å²) >= 11 is 0. The van der Waals surface area contributed by atoms with Crippen molar-refractivity contribution in [3.05, 3.63) is 0 Å². The van der Waals surface area contributed by atoms with Crippen LogP contribution in [0.3, 0.4) is 0 Å². The van der Waals surface area contributed by atoms with Gasteiger partial charge in [-0.2, -0.15) is 0 Å². The number of hydrogen-bond acceptors (Lipinski definition) is 6. The van der Waals surface area contributed by atoms with Gasteiger partial charge in [0.05, 0.1) is 19.3 Å². The molecule has 32 heavy (non-hydrogen) atoms. The van der Waals surface area contributed by atoms with Gasteiger partial charge in [-0.05, 0) is 98.2 Å². The van der Waals surface area contributed by atoms with Crippen molar-refractivity contribution in [2.45, 2.75) is 117 Å². The van der Waals surface area contributed by atoms with Crippen LogP contribution in [0.5, 0.6) is 0 Å². The van der Waals surface area contributed by atoms with E-state index in [0.29, 0.717) is 6.61 Å². The molecule has 0 saturated carbocycles. The lowest BCUT2D eigenvalue weighted by Crippen LogP contribution is -2.58. The van der Waals surface area contributed by atoms with E-state index in [4.69, 9.17) is 22.1 Å². The molecule has 0 saturated heterocycles. The molecule has 0 bridgehead atoms. The van der Waals surface area contributed by atoms with Crippen molar-refractivity contribution in [3.63, 3.8) is 0 Å². The lowest BCUT2D eigenvalue weighted by Gasteiger charge is -2.42. The zero-order valence-corrected chi connectivity index (χ0v) is 28.6. The Morgan fingerprint density at radius 2 is 0.969 bits per heavy atom. The van der Waals surface area contributed by atoms with Crippen LogP contribution in [0, 0.1) is 0 Å². The minimum atomic E-state index is -2.07. The monoisotopic (exact) mass is 540 g/mol. The molecule has 0 aromatic heterocycles. The Morgan fingerprint density at radius 3 is 1.31 bits per heavy atom. The van der Waals surface area contributed by atoms with E-state index in [9.17, 15) is 4.79 Å². The molecule has 0 rings (SSSR count). The van der Waals surface area contributed by atoms with Crippen LogP contribution in [0.4, 0.5) is 0 Å². The van der Waals surface area contributed by atoms with E-state index in [1.165, 1.54) is 0 Å². The van der Waals surface area contributed by atoms with Crippen molar-refractivity contribution in [2.75, 3.05) is 13.2 Å². The fourth-order valence-electron chi connectivity index (χ4n) is 2.79. The minimum absolute atomic E-state index is 0.0466. The quantitative estimate of drug-likeness (QED) is 0.240. The average Bonchev–Trinajstić information content (AvgIpc) is 2.48. The molecule has 0 spiro atoms. The summed E-state index contributed by atoms with van der Waals surface area (Å²) in [6.07, 6.45) is -1.61. The number of Topliss-reactive ketones (excluding diaryl/α,β-unsaturated/α-hetero) is 1. The van der Waals surface area contributed by atoms with Crippen molar-refractivity contribution in [2.24, 2.45) is 0 Å². The molecular formula is C21H52O6Si5. The van der Waals surface area contributed by atoms with Crippen LogP contribution in [0.15, 0.2) is 0 Å². The number of hydrogen-bond donors (Lipinski definition) is 0. The zero-order valence-electron chi connectivity index (χ0n) is 23.6. The molecule has 0 aliphatic carbocycles. The fourth-order valence-corrected chi connectivity index (χ4v) is 7.26. The van der Waals surface area contributed by atoms with Gasteiger partial charge >= 0.3 is 0 Å². The van der Waals surface area contributed by atoms with Gasteiger partial charge in [0.25, 0.3) is 0 Å². The molecule has 0 fully saturated rings. The van der Waals surface area contributed by atoms with Gasteiger partial charge in [-0.1, -0.05) is 0 Å². The van der Waals surface area contributed by atoms with Crippen LogP contribution in [-0.2, 0) is 26.9 Å². The lowest BCUT2D eigenvalue weighted by atomic mass is 10.1. The molecule has 0 N–H and O–H groups in total. The van der Waals surface area contributed by atoms with Crippen LogP contribution >= 0.6 is 0 Å². The molecule has 0 aromatic carbocycles. The Balaban J connectivity index is 6.28. The first-order valence-corrected chi connectivity index (χ1v) is 28.8. The van der Waals surface area contributed by atoms with E-state index in [1.54, 1.807) is 0 Å². The zero-order chi connectivity index (χ0) is 25.8. The Hall–Kier alpha value is 0.554. The molecule has 0 amide bonds. The highest BCUT2D eigenvalue weighted by molar-refractivity contribution is 6.71. The van der Waals surface area contributed by atoms with Crippen molar-refractivity contribution >= 4 is 47.4 Å². The second-order valence-electron chi connectivity index (χ2n) is 13.4. The van der Waals surface area contributed by atoms with Crippen molar-refractivity contribution in [1.29, 1.82) is 0 Å². The summed E-state index contributed by atoms with van der Waals surface area (Å²) in [4.78, 5) is 13.5. The fraction of sp³-hybridized carbons (Fsp3) is 0.952. The molecule has 0 heterocycles. The molecule has 0 aliphatic rings. The SMILES string of the molecule is C[Si](C)(C)OCC(=O)[C@H](O[Si](C)(C)C)[C@@H](O[Si](C)(C)C)[C@H](CO[Si](C)(C)C)O[Si](C)(C)C. The number of rotatable bonds is 15. The topological polar surface area (TPSA) is 63.2 Å². The van der Waals surface area contributed by atoms with Gasteiger partial charge in [0.2, 0.25) is 0 Å². The van der Waals surface area contributed by atoms with Crippen LogP contribution in [-0.4, -0.2) is 78.9 Å². The highest BCUT2D eigenvalue weighted by Crippen LogP contribution is 2.25. The van der Waals surface area contributed by atoms with E-state index in [1.807, 2.05) is 0 Å². The van der Waals surface area contributed by atoms with E-state index in [0.717, 1.165) is 0 Å². The Kier molecular flexibility index (Phi) is 12.2. The largest absolute Gasteiger partial charge is 0.415 e. The summed E-state index contributed by atoms with van der Waals surface area (Å²) in [5, 5.41) is 0. The van der Waals surface area contributed by atoms with Gasteiger partial charge in [0.1, 0.15) is 12.2 Å². The first-order valence-electron chi connectivity index (χ1n) is 11.7. The Morgan fingerprint density at radius 1 is 0.562 bits per heavy atom. The van der Waals surface area contributed by atoms with Crippen LogP contribution in [0.25, 0.3) is 0 Å². The highest BCUT2D eigenvalue weighted by Gasteiger charge is 2.43. The molecule has 6 nitrogen and oxygen atoms in total. The van der Waals surface area contributed by atoms with Gasteiger partial charge in [-0.25, -0.2) is 0 Å². The number of ketones is 1. The predicted molar refractivity (Wildman–Crippen MR) is 148 cm³/mol. The standard InChI is InChI=1S/C21H52O6Si5/c1-28(2,3)23-16-18(22)20(26-31(10,11)12)21(27-32(13,14)15)19(25-30(7,8)9)17-24-29(4,5)6/h19-21H,16-17H2,1-15H3/t19-,20-,21-/m0/s1. The summed E-state index contributed by atoms with van der Waals surface area (Å²) in [5.74, 6) is -0.0599. The van der Waals surface area contributed by atoms with Crippen LogP contribution in [0.1, 0.15) is 0 Å². The summed E-state index contributed by atoms with van der Waals surface area (Å²) in [6.45, 7) is 32.4. The summed E-state index contributed by atoms with van der Waals surface area (Å²) in [5.41, 5.74) is 0. The molecule has 11 heteroatoms. The molecular weight excluding hydrogens is 489 g/mol. The average molecular weight is 541 g/mol. The molecule has 0 unspecified atom stereocenters. The smallest absolute Gasteiger partial charge is 0.187 e. The minimum Gasteiger partial charge on any atom is -0.415 e. The highest BCUT2D eigenvalue weighted by atomic mass is 28.4. The maximum atomic E-state index is 13.5. The predicted octanol–water partition coefficient (Wildman–Crippen LogP) is 5.92. The van der Waals surface area contributed by atoms with Crippen molar-refractivity contribution < 1.29 is 26.9 Å². The first kappa shape index (κ1) is 32.6. The maximum absolute atomic E-state index is 13.5. The van der Waals surface area contributed by atoms with Crippen molar-refractivity contribution in [1.82, 2.24) is 0 Å². The van der Waals surface area contributed by atoms with E-state index >= 15 is 0 Å². The van der Waals surface area contributed by atoms with E-state index < -0.39 is 53.8 Å². The molecule has 0 aliphatic heterocycles. The second-order valence-corrected chi connectivity index (χ2v) is 35.8. The van der Waals surface area contributed by atoms with Gasteiger partial charge in [-0.3, -0.25) is 4.79 Å². The molecule has 0 radical (unpaired) electrons. The second kappa shape index (κ2) is 12.0. The molecule has 3 atom stereocenters. The van der Waals surface area contributed by atoms with Crippen molar-refractivity contribution in [3.8, 4) is 0 Å². The summed E-state index contributed by atoms with van der Waals surface area (Å²) in [6, 6.07) is 0. The Bertz CT molecular complexity index is 582. The van der Waals surface area contributed by atoms with Gasteiger partial charge in [-0.15, -0.1) is 0 Å². The summed E-state index contributed by atoms with van der Waals surface area (Å²) < 4.78 is 32.1. The lowest BCUT2D eigenvalue weighted by molar-refractivity contribution is -0.137. The van der Waals surface area contributed by atoms with Crippen LogP contribution < -0.4 is 0 Å². The summed E-state index contributed by atoms with van der Waals surface area (Å²) in [7, 11) is -9.70. The van der Waals surface area contributed by atoms with Gasteiger partial charge in [0.15, 0.2) is 47.4 Å². The van der Waals surface area contributed by atoms with Gasteiger partial charge < -0.3 is 22.1 Å². The number of carbonyl (C=O) groups is 1. The van der Waals surface area contributed by atoms with Gasteiger partial charge in [0, 0.05) is 0 Å². The first-order chi connectivity index (χ1) is 13.9. The van der Waals surface area contributed by atoms with Crippen LogP contribution in [0.2, 0.25) is 98.2 Å². The number of carbonyl (C=O) groups excluding carboxylic acids is 1. The van der Waals surface area contributed by atoms with E-state index in [2.05, 4.69) is 98.2 Å². The maximum Gasteiger partial charge on any atom is 0.187 e. The van der Waals surface area contributed by atoms with E-state index in [-0.39, 0.29) is 18.5 Å². The third-order valence-electron chi connectivity index (χ3n) is 3.79. The third kappa shape index (κ3) is 17.1. The third-order valence-corrected chi connectivity index (χ3v) is 8.78. The normalized spacial score (nSPS) is 17.2. The molecule has 0 aromatic rings. The molecule has 192 valence electrons. The Labute approximate surface area is 203 Å².